The molecule has 2 aliphatic heterocycles. The zero-order valence-corrected chi connectivity index (χ0v) is 16.1. The summed E-state index contributed by atoms with van der Waals surface area (Å²) in [6, 6.07) is 18.7. The number of halogens is 3. The molecule has 2 atom stereocenters. The molecule has 0 bridgehead atoms. The highest BCUT2D eigenvalue weighted by atomic mass is 32.2. The summed E-state index contributed by atoms with van der Waals surface area (Å²) in [5, 5.41) is -0.154. The first-order valence-corrected chi connectivity index (χ1v) is 10.2. The minimum absolute atomic E-state index is 0.0726. The van der Waals surface area contributed by atoms with Crippen molar-refractivity contribution < 1.29 is 17.9 Å². The molecule has 5 rings (SSSR count). The first kappa shape index (κ1) is 18.4. The molecule has 2 aromatic carbocycles. The molecule has 0 saturated heterocycles. The zero-order valence-electron chi connectivity index (χ0n) is 15.3. The largest absolute Gasteiger partial charge is 0.493 e. The zero-order chi connectivity index (χ0) is 20.0. The highest BCUT2D eigenvalue weighted by Crippen LogP contribution is 2.56. The molecule has 0 aliphatic carbocycles. The van der Waals surface area contributed by atoms with Crippen LogP contribution in [-0.2, 0) is 6.18 Å². The number of hydrogen-bond donors (Lipinski definition) is 0. The second-order valence-corrected chi connectivity index (χ2v) is 8.13. The SMILES string of the molecule is FC(F)(F)c1ccc([C@@H]2Sc3ccccc3N2C2CCOc3ccccc32)cn1. The second kappa shape index (κ2) is 6.99. The number of pyridine rings is 1. The van der Waals surface area contributed by atoms with E-state index in [0.717, 1.165) is 39.9 Å². The van der Waals surface area contributed by atoms with Crippen LogP contribution in [-0.4, -0.2) is 11.6 Å². The van der Waals surface area contributed by atoms with Crippen LogP contribution in [0.25, 0.3) is 0 Å². The van der Waals surface area contributed by atoms with E-state index in [1.807, 2.05) is 30.3 Å². The molecular formula is C22H17F3N2OS. The molecule has 0 spiro atoms. The number of hydrogen-bond acceptors (Lipinski definition) is 4. The monoisotopic (exact) mass is 414 g/mol. The summed E-state index contributed by atoms with van der Waals surface area (Å²) in [6.45, 7) is 0.600. The molecule has 7 heteroatoms. The van der Waals surface area contributed by atoms with Crippen LogP contribution >= 0.6 is 11.8 Å². The highest BCUT2D eigenvalue weighted by Gasteiger charge is 2.39. The molecule has 0 saturated carbocycles. The Morgan fingerprint density at radius 1 is 1.00 bits per heavy atom. The van der Waals surface area contributed by atoms with Crippen molar-refractivity contribution in [2.75, 3.05) is 11.5 Å². The van der Waals surface area contributed by atoms with E-state index in [1.165, 1.54) is 12.3 Å². The Morgan fingerprint density at radius 2 is 1.79 bits per heavy atom. The molecule has 3 aromatic rings. The number of para-hydroxylation sites is 2. The van der Waals surface area contributed by atoms with Gasteiger partial charge < -0.3 is 9.64 Å². The van der Waals surface area contributed by atoms with Gasteiger partial charge in [-0.25, -0.2) is 0 Å². The van der Waals surface area contributed by atoms with Crippen LogP contribution in [0.1, 0.15) is 34.7 Å². The number of fused-ring (bicyclic) bond motifs is 2. The Balaban J connectivity index is 1.58. The van der Waals surface area contributed by atoms with E-state index in [9.17, 15) is 13.2 Å². The van der Waals surface area contributed by atoms with Crippen molar-refractivity contribution in [1.82, 2.24) is 4.98 Å². The second-order valence-electron chi connectivity index (χ2n) is 7.01. The lowest BCUT2D eigenvalue weighted by Gasteiger charge is -2.38. The van der Waals surface area contributed by atoms with Gasteiger partial charge in [0.15, 0.2) is 0 Å². The van der Waals surface area contributed by atoms with Gasteiger partial charge in [0.25, 0.3) is 0 Å². The Labute approximate surface area is 170 Å². The van der Waals surface area contributed by atoms with E-state index in [-0.39, 0.29) is 11.4 Å². The van der Waals surface area contributed by atoms with Crippen LogP contribution < -0.4 is 9.64 Å². The summed E-state index contributed by atoms with van der Waals surface area (Å²) in [4.78, 5) is 7.10. The fraction of sp³-hybridized carbons (Fsp3) is 0.227. The van der Waals surface area contributed by atoms with Gasteiger partial charge >= 0.3 is 6.18 Å². The minimum atomic E-state index is -4.44. The Bertz CT molecular complexity index is 1040. The maximum atomic E-state index is 13.0. The fourth-order valence-electron chi connectivity index (χ4n) is 3.96. The van der Waals surface area contributed by atoms with Gasteiger partial charge in [-0.15, -0.1) is 0 Å². The molecule has 148 valence electrons. The maximum Gasteiger partial charge on any atom is 0.433 e. The quantitative estimate of drug-likeness (QED) is 0.496. The lowest BCUT2D eigenvalue weighted by Crippen LogP contribution is -2.32. The van der Waals surface area contributed by atoms with Gasteiger partial charge in [0.2, 0.25) is 0 Å². The maximum absolute atomic E-state index is 13.0. The molecule has 0 N–H and O–H groups in total. The summed E-state index contributed by atoms with van der Waals surface area (Å²) >= 11 is 1.64. The molecule has 1 unspecified atom stereocenters. The standard InChI is InChI=1S/C22H17F3N2OS/c23-22(24,25)20-10-9-14(13-26-20)21-27(17-6-2-4-8-19(17)29-21)16-11-12-28-18-7-3-1-5-15(16)18/h1-10,13,16,21H,11-12H2/t16?,21-/m0/s1. The number of benzene rings is 2. The summed E-state index contributed by atoms with van der Waals surface area (Å²) in [5.74, 6) is 0.863. The topological polar surface area (TPSA) is 25.4 Å². The van der Waals surface area contributed by atoms with Gasteiger partial charge in [0.1, 0.15) is 16.8 Å². The molecule has 3 nitrogen and oxygen atoms in total. The van der Waals surface area contributed by atoms with Crippen molar-refractivity contribution in [3.63, 3.8) is 0 Å². The van der Waals surface area contributed by atoms with E-state index in [4.69, 9.17) is 4.74 Å². The first-order chi connectivity index (χ1) is 14.0. The number of ether oxygens (including phenoxy) is 1. The van der Waals surface area contributed by atoms with Crippen molar-refractivity contribution >= 4 is 17.4 Å². The number of anilines is 1. The molecule has 1 aromatic heterocycles. The predicted octanol–water partition coefficient (Wildman–Crippen LogP) is 6.24. The molecule has 0 fully saturated rings. The van der Waals surface area contributed by atoms with Crippen LogP contribution in [0, 0.1) is 0 Å². The van der Waals surface area contributed by atoms with E-state index in [1.54, 1.807) is 11.8 Å². The smallest absolute Gasteiger partial charge is 0.433 e. The van der Waals surface area contributed by atoms with Crippen LogP contribution in [0.15, 0.2) is 71.8 Å². The van der Waals surface area contributed by atoms with Crippen LogP contribution in [0.2, 0.25) is 0 Å². The van der Waals surface area contributed by atoms with Crippen LogP contribution in [0.5, 0.6) is 5.75 Å². The molecule has 3 heterocycles. The van der Waals surface area contributed by atoms with Gasteiger partial charge in [0, 0.05) is 28.6 Å². The summed E-state index contributed by atoms with van der Waals surface area (Å²) in [6.07, 6.45) is -2.29. The Kier molecular flexibility index (Phi) is 4.42. The summed E-state index contributed by atoms with van der Waals surface area (Å²) in [5.41, 5.74) is 2.07. The predicted molar refractivity (Wildman–Crippen MR) is 106 cm³/mol. The average molecular weight is 414 g/mol. The van der Waals surface area contributed by atoms with Crippen molar-refractivity contribution in [1.29, 1.82) is 0 Å². The van der Waals surface area contributed by atoms with Gasteiger partial charge in [-0.05, 0) is 24.3 Å². The number of aromatic nitrogens is 1. The summed E-state index contributed by atoms with van der Waals surface area (Å²) in [7, 11) is 0. The summed E-state index contributed by atoms with van der Waals surface area (Å²) < 4.78 is 44.7. The van der Waals surface area contributed by atoms with Crippen molar-refractivity contribution in [3.05, 3.63) is 83.7 Å². The Morgan fingerprint density at radius 3 is 2.59 bits per heavy atom. The van der Waals surface area contributed by atoms with Crippen LogP contribution in [0.4, 0.5) is 18.9 Å². The Hall–Kier alpha value is -2.67. The molecule has 0 radical (unpaired) electrons. The first-order valence-electron chi connectivity index (χ1n) is 9.31. The fourth-order valence-corrected chi connectivity index (χ4v) is 5.31. The minimum Gasteiger partial charge on any atom is -0.493 e. The lowest BCUT2D eigenvalue weighted by molar-refractivity contribution is -0.141. The third kappa shape index (κ3) is 3.23. The third-order valence-corrected chi connectivity index (χ3v) is 6.58. The van der Waals surface area contributed by atoms with E-state index < -0.39 is 11.9 Å². The third-order valence-electron chi connectivity index (χ3n) is 5.26. The number of rotatable bonds is 2. The average Bonchev–Trinajstić information content (AvgIpc) is 3.12. The van der Waals surface area contributed by atoms with E-state index >= 15 is 0 Å². The van der Waals surface area contributed by atoms with Gasteiger partial charge in [-0.3, -0.25) is 4.98 Å². The van der Waals surface area contributed by atoms with Gasteiger partial charge in [-0.2, -0.15) is 13.2 Å². The molecular weight excluding hydrogens is 397 g/mol. The number of thioether (sulfide) groups is 1. The van der Waals surface area contributed by atoms with Gasteiger partial charge in [-0.1, -0.05) is 48.2 Å². The van der Waals surface area contributed by atoms with Gasteiger partial charge in [0.05, 0.1) is 18.3 Å². The van der Waals surface area contributed by atoms with Crippen LogP contribution in [0.3, 0.4) is 0 Å². The number of alkyl halides is 3. The van der Waals surface area contributed by atoms with Crippen molar-refractivity contribution in [3.8, 4) is 5.75 Å². The molecule has 2 aliphatic rings. The van der Waals surface area contributed by atoms with E-state index in [0.29, 0.717) is 6.61 Å². The lowest BCUT2D eigenvalue weighted by atomic mass is 9.97. The molecule has 29 heavy (non-hydrogen) atoms. The normalized spacial score (nSPS) is 20.7. The molecule has 0 amide bonds. The number of nitrogens with zero attached hydrogens (tertiary/aromatic N) is 2. The van der Waals surface area contributed by atoms with Crippen molar-refractivity contribution in [2.24, 2.45) is 0 Å². The van der Waals surface area contributed by atoms with E-state index in [2.05, 4.69) is 28.1 Å². The van der Waals surface area contributed by atoms with Crippen molar-refractivity contribution in [2.45, 2.75) is 28.9 Å². The highest BCUT2D eigenvalue weighted by molar-refractivity contribution is 8.00.